The summed E-state index contributed by atoms with van der Waals surface area (Å²) in [5.74, 6) is 0.451. The topological polar surface area (TPSA) is 92.8 Å². The maximum Gasteiger partial charge on any atom is 0.407 e. The van der Waals surface area contributed by atoms with E-state index in [0.717, 1.165) is 51.9 Å². The number of carboxylic acid groups (broad SMARTS) is 1. The van der Waals surface area contributed by atoms with Crippen LogP contribution >= 0.6 is 15.9 Å². The number of rotatable bonds is 7. The molecule has 0 bridgehead atoms. The number of likely N-dealkylation sites (N-methyl/N-ethyl adjacent to an activating group) is 1. The Labute approximate surface area is 286 Å². The third-order valence-electron chi connectivity index (χ3n) is 10.0. The fourth-order valence-corrected chi connectivity index (χ4v) is 7.82. The lowest BCUT2D eigenvalue weighted by Crippen LogP contribution is -2.51. The molecule has 0 saturated carbocycles. The zero-order valence-electron chi connectivity index (χ0n) is 28.2. The summed E-state index contributed by atoms with van der Waals surface area (Å²) in [6, 6.07) is 23.8. The van der Waals surface area contributed by atoms with Crippen LogP contribution in [0.25, 0.3) is 11.0 Å². The number of halogens is 1. The highest BCUT2D eigenvalue weighted by Gasteiger charge is 2.40. The minimum Gasteiger partial charge on any atom is -0.465 e. The number of hydrogen-bond acceptors (Lipinski definition) is 4. The van der Waals surface area contributed by atoms with E-state index in [0.29, 0.717) is 6.54 Å². The highest BCUT2D eigenvalue weighted by Crippen LogP contribution is 2.48. The van der Waals surface area contributed by atoms with E-state index in [1.54, 1.807) is 0 Å². The van der Waals surface area contributed by atoms with Crippen LogP contribution in [0.2, 0.25) is 0 Å². The Hall–Kier alpha value is -3.85. The van der Waals surface area contributed by atoms with Gasteiger partial charge in [0, 0.05) is 23.8 Å². The van der Waals surface area contributed by atoms with Crippen LogP contribution in [0.15, 0.2) is 71.2 Å². The van der Waals surface area contributed by atoms with Crippen molar-refractivity contribution in [1.82, 2.24) is 19.8 Å². The lowest BCUT2D eigenvalue weighted by atomic mass is 9.87. The highest BCUT2D eigenvalue weighted by atomic mass is 79.9. The first-order valence-electron chi connectivity index (χ1n) is 16.7. The number of hydrogen-bond donors (Lipinski definition) is 2. The summed E-state index contributed by atoms with van der Waals surface area (Å²) >= 11 is 3.60. The van der Waals surface area contributed by atoms with Crippen LogP contribution in [-0.2, 0) is 10.2 Å². The molecule has 4 atom stereocenters. The van der Waals surface area contributed by atoms with Crippen LogP contribution < -0.4 is 4.90 Å². The number of nitrogens with zero attached hydrogens (tertiary/aromatic N) is 4. The molecule has 0 aliphatic carbocycles. The summed E-state index contributed by atoms with van der Waals surface area (Å²) in [7, 11) is 1.48. The molecule has 1 aromatic heterocycles. The fourth-order valence-electron chi connectivity index (χ4n) is 7.56. The van der Waals surface area contributed by atoms with E-state index in [9.17, 15) is 14.7 Å². The standard InChI is InChI=1S/C38H46BrN5O3/c1-23(2)34(42(6)37(46)47)36(45)43-21-7-8-33(43)35-40-29-18-11-25(22-30(29)41-35)32-20-19-31(24-9-14-27(39)15-10-24)44(32)28-16-12-26(13-17-28)38(3,4)5/h9-18,22-23,31-34H,7-8,19-21H2,1-6H3,(H,40,41)(H,46,47)/t31?,32?,33-,34-/m0/s1. The summed E-state index contributed by atoms with van der Waals surface area (Å²) in [5.41, 5.74) is 6.97. The number of imidazole rings is 1. The summed E-state index contributed by atoms with van der Waals surface area (Å²) < 4.78 is 1.08. The largest absolute Gasteiger partial charge is 0.465 e. The van der Waals surface area contributed by atoms with Crippen LogP contribution in [0.3, 0.4) is 0 Å². The molecule has 2 amide bonds. The van der Waals surface area contributed by atoms with Gasteiger partial charge in [-0.1, -0.05) is 80.9 Å². The van der Waals surface area contributed by atoms with Gasteiger partial charge in [-0.3, -0.25) is 9.69 Å². The summed E-state index contributed by atoms with van der Waals surface area (Å²) in [6.45, 7) is 11.1. The highest BCUT2D eigenvalue weighted by molar-refractivity contribution is 9.10. The predicted molar refractivity (Wildman–Crippen MR) is 191 cm³/mol. The van der Waals surface area contributed by atoms with Gasteiger partial charge < -0.3 is 19.9 Å². The zero-order valence-corrected chi connectivity index (χ0v) is 29.8. The van der Waals surface area contributed by atoms with E-state index in [-0.39, 0.29) is 35.4 Å². The van der Waals surface area contributed by atoms with E-state index in [1.165, 1.54) is 29.4 Å². The van der Waals surface area contributed by atoms with Crippen molar-refractivity contribution in [3.63, 3.8) is 0 Å². The molecule has 2 fully saturated rings. The summed E-state index contributed by atoms with van der Waals surface area (Å²) in [6.07, 6.45) is 2.60. The molecule has 2 N–H and O–H groups in total. The van der Waals surface area contributed by atoms with E-state index in [4.69, 9.17) is 4.98 Å². The first-order chi connectivity index (χ1) is 22.3. The molecule has 6 rings (SSSR count). The van der Waals surface area contributed by atoms with Crippen molar-refractivity contribution < 1.29 is 14.7 Å². The number of aromatic amines is 1. The lowest BCUT2D eigenvalue weighted by Gasteiger charge is -2.34. The third-order valence-corrected chi connectivity index (χ3v) is 10.6. The normalized spacial score (nSPS) is 20.7. The first kappa shape index (κ1) is 33.1. The number of anilines is 1. The Morgan fingerprint density at radius 2 is 1.57 bits per heavy atom. The molecule has 47 heavy (non-hydrogen) atoms. The van der Waals surface area contributed by atoms with Gasteiger partial charge in [0.2, 0.25) is 5.91 Å². The van der Waals surface area contributed by atoms with Gasteiger partial charge in [0.15, 0.2) is 0 Å². The molecule has 248 valence electrons. The Morgan fingerprint density at radius 3 is 2.19 bits per heavy atom. The number of aromatic nitrogens is 2. The molecule has 4 aromatic rings. The van der Waals surface area contributed by atoms with E-state index >= 15 is 0 Å². The van der Waals surface area contributed by atoms with Crippen molar-refractivity contribution in [2.75, 3.05) is 18.5 Å². The SMILES string of the molecule is CC(C)[C@@H](C(=O)N1CCC[C@H]1c1nc2ccc(C3CCC(c4ccc(Br)cc4)N3c3ccc(C(C)(C)C)cc3)cc2[nH]1)N(C)C(=O)O. The number of nitrogens with one attached hydrogen (secondary N) is 1. The fraction of sp³-hybridized carbons (Fsp3) is 0.447. The van der Waals surface area contributed by atoms with Gasteiger partial charge in [0.05, 0.1) is 29.2 Å². The van der Waals surface area contributed by atoms with E-state index in [2.05, 4.69) is 113 Å². The van der Waals surface area contributed by atoms with E-state index < -0.39 is 12.1 Å². The smallest absolute Gasteiger partial charge is 0.407 e. The van der Waals surface area contributed by atoms with Crippen molar-refractivity contribution in [1.29, 1.82) is 0 Å². The number of carbonyl (C=O) groups excluding carboxylic acids is 1. The number of H-pyrrole nitrogens is 1. The molecular formula is C38H46BrN5O3. The molecule has 2 unspecified atom stereocenters. The monoisotopic (exact) mass is 699 g/mol. The molecule has 2 aliphatic rings. The number of benzene rings is 3. The number of fused-ring (bicyclic) bond motifs is 1. The Balaban J connectivity index is 1.32. The first-order valence-corrected chi connectivity index (χ1v) is 17.5. The second kappa shape index (κ2) is 13.0. The Kier molecular flexibility index (Phi) is 9.13. The molecule has 3 heterocycles. The van der Waals surface area contributed by atoms with Crippen LogP contribution in [0.4, 0.5) is 10.5 Å². The summed E-state index contributed by atoms with van der Waals surface area (Å²) in [4.78, 5) is 39.6. The van der Waals surface area contributed by atoms with E-state index in [1.807, 2.05) is 18.7 Å². The quantitative estimate of drug-likeness (QED) is 0.201. The van der Waals surface area contributed by atoms with Gasteiger partial charge in [-0.25, -0.2) is 9.78 Å². The Bertz CT molecular complexity index is 1740. The second-order valence-corrected chi connectivity index (χ2v) is 15.5. The third kappa shape index (κ3) is 6.51. The molecule has 0 spiro atoms. The Morgan fingerprint density at radius 1 is 0.936 bits per heavy atom. The average molecular weight is 701 g/mol. The van der Waals surface area contributed by atoms with Crippen molar-refractivity contribution in [3.8, 4) is 0 Å². The molecular weight excluding hydrogens is 654 g/mol. The molecule has 9 heteroatoms. The molecule has 2 aliphatic heterocycles. The van der Waals surface area contributed by atoms with Crippen LogP contribution in [0.1, 0.15) is 101 Å². The minimum absolute atomic E-state index is 0.0821. The maximum atomic E-state index is 13.7. The van der Waals surface area contributed by atoms with Crippen LogP contribution in [0.5, 0.6) is 0 Å². The predicted octanol–water partition coefficient (Wildman–Crippen LogP) is 9.00. The van der Waals surface area contributed by atoms with Gasteiger partial charge in [-0.2, -0.15) is 0 Å². The number of likely N-dealkylation sites (tertiary alicyclic amines) is 1. The average Bonchev–Trinajstić information content (AvgIpc) is 3.78. The minimum atomic E-state index is -1.10. The van der Waals surface area contributed by atoms with Crippen molar-refractivity contribution in [3.05, 3.63) is 93.7 Å². The molecule has 8 nitrogen and oxygen atoms in total. The maximum absolute atomic E-state index is 13.7. The van der Waals surface area contributed by atoms with Crippen molar-refractivity contribution in [2.24, 2.45) is 5.92 Å². The second-order valence-electron chi connectivity index (χ2n) is 14.5. The van der Waals surface area contributed by atoms with Gasteiger partial charge in [0.25, 0.3) is 0 Å². The van der Waals surface area contributed by atoms with Crippen LogP contribution in [-0.4, -0.2) is 56.5 Å². The molecule has 0 radical (unpaired) electrons. The van der Waals surface area contributed by atoms with Gasteiger partial charge in [-0.15, -0.1) is 0 Å². The molecule has 2 saturated heterocycles. The van der Waals surface area contributed by atoms with Crippen molar-refractivity contribution in [2.45, 2.75) is 89.9 Å². The molecule has 3 aromatic carbocycles. The van der Waals surface area contributed by atoms with Gasteiger partial charge in [-0.05, 0) is 90.1 Å². The number of amides is 2. The summed E-state index contributed by atoms with van der Waals surface area (Å²) in [5, 5.41) is 9.65. The van der Waals surface area contributed by atoms with Crippen LogP contribution in [0, 0.1) is 5.92 Å². The zero-order chi connectivity index (χ0) is 33.6. The van der Waals surface area contributed by atoms with Gasteiger partial charge in [0.1, 0.15) is 11.9 Å². The number of carbonyl (C=O) groups is 2. The van der Waals surface area contributed by atoms with Gasteiger partial charge >= 0.3 is 6.09 Å². The lowest BCUT2D eigenvalue weighted by molar-refractivity contribution is -0.138. The van der Waals surface area contributed by atoms with Crippen molar-refractivity contribution >= 4 is 44.7 Å².